The van der Waals surface area contributed by atoms with E-state index in [9.17, 15) is 0 Å². The number of hydrogen-bond acceptors (Lipinski definition) is 6. The summed E-state index contributed by atoms with van der Waals surface area (Å²) in [5.74, 6) is 1.71. The number of aromatic nitrogens is 6. The minimum Gasteiger partial charge on any atom is -0.256 e. The zero-order valence-electron chi connectivity index (χ0n) is 30.0. The van der Waals surface area contributed by atoms with Crippen molar-refractivity contribution in [2.75, 3.05) is 0 Å². The Kier molecular flexibility index (Phi) is 7.38. The van der Waals surface area contributed by atoms with Crippen molar-refractivity contribution in [1.29, 1.82) is 0 Å². The smallest absolute Gasteiger partial charge is 0.165 e. The van der Waals surface area contributed by atoms with Crippen LogP contribution >= 0.6 is 0 Å². The molecule has 0 bridgehead atoms. The van der Waals surface area contributed by atoms with Crippen LogP contribution < -0.4 is 0 Å². The van der Waals surface area contributed by atoms with Crippen LogP contribution in [-0.2, 0) is 0 Å². The summed E-state index contributed by atoms with van der Waals surface area (Å²) >= 11 is 0. The summed E-state index contributed by atoms with van der Waals surface area (Å²) in [5.41, 5.74) is 9.65. The molecule has 0 saturated carbocycles. The van der Waals surface area contributed by atoms with Gasteiger partial charge in [0.15, 0.2) is 17.5 Å². The molecule has 0 radical (unpaired) electrons. The predicted octanol–water partition coefficient (Wildman–Crippen LogP) is 12.2. The second-order valence-electron chi connectivity index (χ2n) is 14.0. The molecule has 0 aliphatic heterocycles. The molecule has 11 rings (SSSR count). The predicted molar refractivity (Wildman–Crippen MR) is 228 cm³/mol. The molecule has 0 N–H and O–H groups in total. The van der Waals surface area contributed by atoms with Gasteiger partial charge in [-0.25, -0.2) is 15.0 Å². The van der Waals surface area contributed by atoms with E-state index >= 15 is 0 Å². The quantitative estimate of drug-likeness (QED) is 0.165. The highest BCUT2D eigenvalue weighted by Crippen LogP contribution is 2.43. The average molecular weight is 715 g/mol. The Morgan fingerprint density at radius 3 is 1.39 bits per heavy atom. The lowest BCUT2D eigenvalue weighted by Gasteiger charge is -2.17. The second-order valence-corrected chi connectivity index (χ2v) is 14.0. The van der Waals surface area contributed by atoms with Crippen molar-refractivity contribution in [3.8, 4) is 56.4 Å². The molecule has 6 nitrogen and oxygen atoms in total. The van der Waals surface area contributed by atoms with Crippen molar-refractivity contribution < 1.29 is 0 Å². The van der Waals surface area contributed by atoms with Crippen molar-refractivity contribution in [2.45, 2.75) is 0 Å². The summed E-state index contributed by atoms with van der Waals surface area (Å²) in [6, 6.07) is 56.8. The number of rotatable bonds is 5. The number of fused-ring (bicyclic) bond motifs is 5. The van der Waals surface area contributed by atoms with Gasteiger partial charge in [0.05, 0.1) is 16.6 Å². The molecule has 0 amide bonds. The molecule has 56 heavy (non-hydrogen) atoms. The van der Waals surface area contributed by atoms with Gasteiger partial charge < -0.3 is 0 Å². The lowest BCUT2D eigenvalue weighted by molar-refractivity contribution is 1.07. The van der Waals surface area contributed by atoms with Crippen LogP contribution in [0.4, 0.5) is 0 Å². The normalized spacial score (nSPS) is 11.6. The van der Waals surface area contributed by atoms with E-state index in [0.29, 0.717) is 17.5 Å². The van der Waals surface area contributed by atoms with Crippen molar-refractivity contribution >= 4 is 54.3 Å². The molecule has 11 aromatic rings. The Hall–Kier alpha value is -7.70. The molecule has 4 heterocycles. The molecule has 0 fully saturated rings. The van der Waals surface area contributed by atoms with E-state index < -0.39 is 0 Å². The first-order valence-electron chi connectivity index (χ1n) is 18.6. The Morgan fingerprint density at radius 2 is 0.768 bits per heavy atom. The van der Waals surface area contributed by atoms with Crippen LogP contribution in [0.25, 0.3) is 111 Å². The molecule has 0 aliphatic rings. The third-order valence-electron chi connectivity index (χ3n) is 10.5. The molecule has 260 valence electrons. The Balaban J connectivity index is 1.25. The second kappa shape index (κ2) is 13.0. The highest BCUT2D eigenvalue weighted by molar-refractivity contribution is 6.15. The van der Waals surface area contributed by atoms with E-state index in [4.69, 9.17) is 29.9 Å². The molecule has 4 aromatic heterocycles. The Bertz CT molecular complexity index is 3080. The number of nitrogens with zero attached hydrogens (tertiary/aromatic N) is 6. The van der Waals surface area contributed by atoms with Crippen LogP contribution in [-0.4, -0.2) is 29.9 Å². The number of benzene rings is 7. The zero-order chi connectivity index (χ0) is 37.0. The summed E-state index contributed by atoms with van der Waals surface area (Å²) in [6.45, 7) is 0. The van der Waals surface area contributed by atoms with Gasteiger partial charge in [-0.2, -0.15) is 0 Å². The maximum atomic E-state index is 5.24. The Labute approximate surface area is 321 Å². The fraction of sp³-hybridized carbons (Fsp3) is 0. The van der Waals surface area contributed by atoms with Crippen LogP contribution in [0.15, 0.2) is 182 Å². The van der Waals surface area contributed by atoms with E-state index in [-0.39, 0.29) is 0 Å². The molecule has 7 aromatic carbocycles. The number of hydrogen-bond donors (Lipinski definition) is 0. The highest BCUT2D eigenvalue weighted by Gasteiger charge is 2.19. The minimum absolute atomic E-state index is 0.554. The fourth-order valence-corrected chi connectivity index (χ4v) is 7.98. The van der Waals surface area contributed by atoms with Gasteiger partial charge in [0.25, 0.3) is 0 Å². The molecule has 0 atom stereocenters. The molecule has 0 unspecified atom stereocenters. The van der Waals surface area contributed by atoms with Crippen LogP contribution in [0.3, 0.4) is 0 Å². The summed E-state index contributed by atoms with van der Waals surface area (Å²) in [6.07, 6.45) is 5.57. The summed E-state index contributed by atoms with van der Waals surface area (Å²) in [7, 11) is 0. The molecule has 0 spiro atoms. The molecular weight excluding hydrogens is 685 g/mol. The van der Waals surface area contributed by atoms with Crippen LogP contribution in [0.2, 0.25) is 0 Å². The van der Waals surface area contributed by atoms with Gasteiger partial charge in [-0.15, -0.1) is 0 Å². The van der Waals surface area contributed by atoms with Gasteiger partial charge in [0, 0.05) is 51.4 Å². The van der Waals surface area contributed by atoms with Gasteiger partial charge in [-0.05, 0) is 98.4 Å². The largest absolute Gasteiger partial charge is 0.256 e. The van der Waals surface area contributed by atoms with Crippen molar-refractivity contribution in [1.82, 2.24) is 29.9 Å². The van der Waals surface area contributed by atoms with E-state index in [0.717, 1.165) is 93.2 Å². The van der Waals surface area contributed by atoms with E-state index in [2.05, 4.69) is 103 Å². The summed E-state index contributed by atoms with van der Waals surface area (Å²) in [4.78, 5) is 29.9. The zero-order valence-corrected chi connectivity index (χ0v) is 30.0. The monoisotopic (exact) mass is 714 g/mol. The van der Waals surface area contributed by atoms with Crippen molar-refractivity contribution in [2.24, 2.45) is 0 Å². The topological polar surface area (TPSA) is 77.3 Å². The summed E-state index contributed by atoms with van der Waals surface area (Å²) < 4.78 is 0. The van der Waals surface area contributed by atoms with Crippen LogP contribution in [0.5, 0.6) is 0 Å². The molecule has 6 heteroatoms. The number of para-hydroxylation sites is 1. The van der Waals surface area contributed by atoms with E-state index in [1.54, 1.807) is 0 Å². The maximum absolute atomic E-state index is 5.24. The summed E-state index contributed by atoms with van der Waals surface area (Å²) in [5, 5.41) is 7.69. The lowest BCUT2D eigenvalue weighted by atomic mass is 9.88. The standard InChI is InChI=1S/C50H30N6/c1-2-12-31(13-3-1)48-54-49(56-50(55-48)38-24-34-16-6-9-21-43(34)53-30-38)37-26-35(46-39-17-7-4-14-32(39)28-44-41(46)19-10-22-51-44)25-36(27-37)47-40-18-8-5-15-33(40)29-45-42(47)20-11-23-52-45/h1-30H. The van der Waals surface area contributed by atoms with E-state index in [1.165, 1.54) is 0 Å². The number of pyridine rings is 3. The molecule has 0 aliphatic carbocycles. The maximum Gasteiger partial charge on any atom is 0.165 e. The SMILES string of the molecule is c1ccc(-c2nc(-c3cc(-c4c5ccccc5cc5ncccc45)cc(-c4c5ccccc5cc5ncccc45)c3)nc(-c3cnc4ccccc4c3)n2)cc1. The first-order chi connectivity index (χ1) is 27.7. The Morgan fingerprint density at radius 1 is 0.286 bits per heavy atom. The highest BCUT2D eigenvalue weighted by atomic mass is 15.0. The van der Waals surface area contributed by atoms with Gasteiger partial charge in [0.1, 0.15) is 0 Å². The van der Waals surface area contributed by atoms with Crippen molar-refractivity contribution in [3.63, 3.8) is 0 Å². The van der Waals surface area contributed by atoms with E-state index in [1.807, 2.05) is 79.3 Å². The fourth-order valence-electron chi connectivity index (χ4n) is 7.98. The van der Waals surface area contributed by atoms with Crippen molar-refractivity contribution in [3.05, 3.63) is 182 Å². The molecule has 0 saturated heterocycles. The molecular formula is C50H30N6. The van der Waals surface area contributed by atoms with Gasteiger partial charge >= 0.3 is 0 Å². The van der Waals surface area contributed by atoms with Gasteiger partial charge in [-0.3, -0.25) is 15.0 Å². The first-order valence-corrected chi connectivity index (χ1v) is 18.6. The van der Waals surface area contributed by atoms with Gasteiger partial charge in [-0.1, -0.05) is 109 Å². The first kappa shape index (κ1) is 31.8. The third-order valence-corrected chi connectivity index (χ3v) is 10.5. The van der Waals surface area contributed by atoms with Gasteiger partial charge in [0.2, 0.25) is 0 Å². The average Bonchev–Trinajstić information content (AvgIpc) is 3.27. The minimum atomic E-state index is 0.554. The van der Waals surface area contributed by atoms with Crippen LogP contribution in [0, 0.1) is 0 Å². The van der Waals surface area contributed by atoms with Crippen LogP contribution in [0.1, 0.15) is 0 Å². The lowest BCUT2D eigenvalue weighted by Crippen LogP contribution is -2.01. The third kappa shape index (κ3) is 5.43.